The maximum absolute atomic E-state index is 13.8. The third kappa shape index (κ3) is 4.82. The molecule has 0 spiro atoms. The predicted molar refractivity (Wildman–Crippen MR) is 87.6 cm³/mol. The molecule has 0 heterocycles. The van der Waals surface area contributed by atoms with Gasteiger partial charge in [0.2, 0.25) is 5.91 Å². The molecule has 1 N–H and O–H groups in total. The van der Waals surface area contributed by atoms with E-state index in [0.717, 1.165) is 23.1 Å². The standard InChI is InChI=1S/C18H17F3N2O2/c1-11(2)23(18(25)15-9-13(20)5-8-16(15)21)10-17(24)22-14-6-3-12(19)4-7-14/h3-9,11H,10H2,1-2H3,(H,22,24). The van der Waals surface area contributed by atoms with Crippen LogP contribution in [-0.2, 0) is 4.79 Å². The first-order chi connectivity index (χ1) is 11.8. The summed E-state index contributed by atoms with van der Waals surface area (Å²) in [5.74, 6) is -3.38. The van der Waals surface area contributed by atoms with E-state index in [0.29, 0.717) is 5.69 Å². The Morgan fingerprint density at radius 1 is 1.00 bits per heavy atom. The van der Waals surface area contributed by atoms with Crippen molar-refractivity contribution in [1.29, 1.82) is 0 Å². The Kier molecular flexibility index (Phi) is 5.80. The van der Waals surface area contributed by atoms with Gasteiger partial charge in [-0.1, -0.05) is 0 Å². The molecular formula is C18H17F3N2O2. The van der Waals surface area contributed by atoms with Crippen LogP contribution in [0.15, 0.2) is 42.5 Å². The summed E-state index contributed by atoms with van der Waals surface area (Å²) >= 11 is 0. The highest BCUT2D eigenvalue weighted by molar-refractivity contribution is 5.99. The maximum atomic E-state index is 13.8. The van der Waals surface area contributed by atoms with Crippen LogP contribution in [0.1, 0.15) is 24.2 Å². The van der Waals surface area contributed by atoms with Gasteiger partial charge in [0.05, 0.1) is 5.56 Å². The summed E-state index contributed by atoms with van der Waals surface area (Å²) in [6, 6.07) is 7.26. The normalized spacial score (nSPS) is 10.6. The van der Waals surface area contributed by atoms with Crippen molar-refractivity contribution >= 4 is 17.5 Å². The molecule has 0 aliphatic rings. The van der Waals surface area contributed by atoms with Crippen molar-refractivity contribution < 1.29 is 22.8 Å². The van der Waals surface area contributed by atoms with Gasteiger partial charge in [-0.2, -0.15) is 0 Å². The minimum absolute atomic E-state index is 0.357. The number of nitrogens with zero attached hydrogens (tertiary/aromatic N) is 1. The van der Waals surface area contributed by atoms with E-state index in [9.17, 15) is 22.8 Å². The van der Waals surface area contributed by atoms with Gasteiger partial charge in [0.1, 0.15) is 24.0 Å². The lowest BCUT2D eigenvalue weighted by molar-refractivity contribution is -0.117. The molecule has 25 heavy (non-hydrogen) atoms. The highest BCUT2D eigenvalue weighted by atomic mass is 19.1. The summed E-state index contributed by atoms with van der Waals surface area (Å²) < 4.78 is 40.0. The number of hydrogen-bond acceptors (Lipinski definition) is 2. The van der Waals surface area contributed by atoms with E-state index in [1.807, 2.05) is 0 Å². The summed E-state index contributed by atoms with van der Waals surface area (Å²) in [5, 5.41) is 2.52. The second kappa shape index (κ2) is 7.83. The van der Waals surface area contributed by atoms with Gasteiger partial charge in [-0.3, -0.25) is 9.59 Å². The van der Waals surface area contributed by atoms with E-state index >= 15 is 0 Å². The van der Waals surface area contributed by atoms with Crippen molar-refractivity contribution in [3.05, 3.63) is 65.5 Å². The molecule has 0 saturated heterocycles. The molecule has 7 heteroatoms. The smallest absolute Gasteiger partial charge is 0.257 e. The second-order valence-electron chi connectivity index (χ2n) is 5.71. The molecule has 0 unspecified atom stereocenters. The number of carbonyl (C=O) groups is 2. The van der Waals surface area contributed by atoms with Crippen LogP contribution in [0.2, 0.25) is 0 Å². The average Bonchev–Trinajstić information content (AvgIpc) is 2.56. The second-order valence-corrected chi connectivity index (χ2v) is 5.71. The molecule has 0 aromatic heterocycles. The third-order valence-electron chi connectivity index (χ3n) is 3.48. The van der Waals surface area contributed by atoms with E-state index < -0.39 is 40.9 Å². The Morgan fingerprint density at radius 2 is 1.60 bits per heavy atom. The van der Waals surface area contributed by atoms with Gasteiger partial charge in [0.15, 0.2) is 0 Å². The van der Waals surface area contributed by atoms with Gasteiger partial charge in [-0.25, -0.2) is 13.2 Å². The minimum atomic E-state index is -0.865. The number of amides is 2. The zero-order valence-corrected chi connectivity index (χ0v) is 13.7. The molecule has 2 aromatic rings. The van der Waals surface area contributed by atoms with E-state index in [4.69, 9.17) is 0 Å². The fraction of sp³-hybridized carbons (Fsp3) is 0.222. The molecule has 0 fully saturated rings. The van der Waals surface area contributed by atoms with Crippen molar-refractivity contribution in [3.63, 3.8) is 0 Å². The Balaban J connectivity index is 2.14. The zero-order chi connectivity index (χ0) is 18.6. The van der Waals surface area contributed by atoms with Crippen molar-refractivity contribution in [2.24, 2.45) is 0 Å². The molecule has 0 saturated carbocycles. The Hall–Kier alpha value is -2.83. The highest BCUT2D eigenvalue weighted by Crippen LogP contribution is 2.15. The van der Waals surface area contributed by atoms with Crippen LogP contribution in [0.4, 0.5) is 18.9 Å². The lowest BCUT2D eigenvalue weighted by atomic mass is 10.1. The van der Waals surface area contributed by atoms with Gasteiger partial charge in [0.25, 0.3) is 5.91 Å². The molecule has 2 rings (SSSR count). The van der Waals surface area contributed by atoms with Gasteiger partial charge < -0.3 is 10.2 Å². The lowest BCUT2D eigenvalue weighted by Crippen LogP contribution is -2.42. The fourth-order valence-electron chi connectivity index (χ4n) is 2.19. The number of benzene rings is 2. The molecule has 0 aliphatic heterocycles. The molecule has 132 valence electrons. The Morgan fingerprint density at radius 3 is 2.20 bits per heavy atom. The summed E-state index contributed by atoms with van der Waals surface area (Å²) in [5.41, 5.74) is -0.0808. The van der Waals surface area contributed by atoms with Crippen LogP contribution in [0.25, 0.3) is 0 Å². The van der Waals surface area contributed by atoms with Crippen LogP contribution in [-0.4, -0.2) is 29.3 Å². The van der Waals surface area contributed by atoms with Crippen LogP contribution in [0, 0.1) is 17.5 Å². The van der Waals surface area contributed by atoms with Crippen LogP contribution >= 0.6 is 0 Å². The molecule has 4 nitrogen and oxygen atoms in total. The number of hydrogen-bond donors (Lipinski definition) is 1. The topological polar surface area (TPSA) is 49.4 Å². The molecule has 0 radical (unpaired) electrons. The SMILES string of the molecule is CC(C)N(CC(=O)Nc1ccc(F)cc1)C(=O)c1cc(F)ccc1F. The van der Waals surface area contributed by atoms with Crippen molar-refractivity contribution in [2.45, 2.75) is 19.9 Å². The predicted octanol–water partition coefficient (Wildman–Crippen LogP) is 3.59. The van der Waals surface area contributed by atoms with Crippen molar-refractivity contribution in [2.75, 3.05) is 11.9 Å². The number of rotatable bonds is 5. The van der Waals surface area contributed by atoms with Gasteiger partial charge in [-0.05, 0) is 56.3 Å². The van der Waals surface area contributed by atoms with Crippen LogP contribution < -0.4 is 5.32 Å². The van der Waals surface area contributed by atoms with Gasteiger partial charge >= 0.3 is 0 Å². The number of carbonyl (C=O) groups excluding carboxylic acids is 2. The summed E-state index contributed by atoms with van der Waals surface area (Å²) in [7, 11) is 0. The first-order valence-electron chi connectivity index (χ1n) is 7.59. The lowest BCUT2D eigenvalue weighted by Gasteiger charge is -2.26. The molecule has 0 aliphatic carbocycles. The third-order valence-corrected chi connectivity index (χ3v) is 3.48. The Labute approximate surface area is 143 Å². The summed E-state index contributed by atoms with van der Waals surface area (Å²) in [6.45, 7) is 2.95. The fourth-order valence-corrected chi connectivity index (χ4v) is 2.19. The zero-order valence-electron chi connectivity index (χ0n) is 13.7. The van der Waals surface area contributed by atoms with Gasteiger partial charge in [-0.15, -0.1) is 0 Å². The van der Waals surface area contributed by atoms with E-state index in [-0.39, 0.29) is 6.54 Å². The molecule has 0 bridgehead atoms. The quantitative estimate of drug-likeness (QED) is 0.896. The van der Waals surface area contributed by atoms with Gasteiger partial charge in [0, 0.05) is 11.7 Å². The summed E-state index contributed by atoms with van der Waals surface area (Å²) in [4.78, 5) is 25.7. The number of halogens is 3. The number of nitrogens with one attached hydrogen (secondary N) is 1. The van der Waals surface area contributed by atoms with Crippen molar-refractivity contribution in [3.8, 4) is 0 Å². The first-order valence-corrected chi connectivity index (χ1v) is 7.59. The van der Waals surface area contributed by atoms with E-state index in [1.165, 1.54) is 24.3 Å². The van der Waals surface area contributed by atoms with Crippen LogP contribution in [0.5, 0.6) is 0 Å². The molecule has 0 atom stereocenters. The highest BCUT2D eigenvalue weighted by Gasteiger charge is 2.24. The Bertz CT molecular complexity index is 776. The number of anilines is 1. The van der Waals surface area contributed by atoms with E-state index in [1.54, 1.807) is 13.8 Å². The molecule has 2 aromatic carbocycles. The minimum Gasteiger partial charge on any atom is -0.327 e. The molecular weight excluding hydrogens is 333 g/mol. The maximum Gasteiger partial charge on any atom is 0.257 e. The van der Waals surface area contributed by atoms with E-state index in [2.05, 4.69) is 5.32 Å². The van der Waals surface area contributed by atoms with Crippen LogP contribution in [0.3, 0.4) is 0 Å². The monoisotopic (exact) mass is 350 g/mol. The molecule has 2 amide bonds. The summed E-state index contributed by atoms with van der Waals surface area (Å²) in [6.07, 6.45) is 0. The first kappa shape index (κ1) is 18.5. The average molecular weight is 350 g/mol. The largest absolute Gasteiger partial charge is 0.327 e. The van der Waals surface area contributed by atoms with Crippen molar-refractivity contribution in [1.82, 2.24) is 4.90 Å².